The molecule has 0 atom stereocenters. The molecule has 8 heteroatoms. The average Bonchev–Trinajstić information content (AvgIpc) is 2.63. The maximum atomic E-state index is 6.21. The fraction of sp³-hybridized carbons (Fsp3) is 0.278. The lowest BCUT2D eigenvalue weighted by atomic mass is 10.2. The highest BCUT2D eigenvalue weighted by molar-refractivity contribution is 7.80. The second-order valence-electron chi connectivity index (χ2n) is 6.04. The fourth-order valence-electron chi connectivity index (χ4n) is 2.80. The van der Waals surface area contributed by atoms with Crippen LogP contribution in [0.1, 0.15) is 5.56 Å². The van der Waals surface area contributed by atoms with Crippen LogP contribution in [-0.4, -0.2) is 41.1 Å². The quantitative estimate of drug-likeness (QED) is 0.596. The van der Waals surface area contributed by atoms with Crippen LogP contribution in [0.4, 0.5) is 5.69 Å². The Labute approximate surface area is 178 Å². The minimum atomic E-state index is 0.481. The van der Waals surface area contributed by atoms with Crippen LogP contribution in [0.5, 0.6) is 0 Å². The topological polar surface area (TPSA) is 18.5 Å². The van der Waals surface area contributed by atoms with Crippen molar-refractivity contribution in [3.05, 3.63) is 62.1 Å². The number of nitrogens with zero attached hydrogens (tertiary/aromatic N) is 2. The number of rotatable bonds is 3. The largest absolute Gasteiger partial charge is 0.346 e. The number of thiocarbonyl (C=S) groups is 1. The third kappa shape index (κ3) is 4.94. The van der Waals surface area contributed by atoms with Gasteiger partial charge in [0.15, 0.2) is 5.11 Å². The molecule has 1 N–H and O–H groups in total. The molecule has 138 valence electrons. The summed E-state index contributed by atoms with van der Waals surface area (Å²) in [6.45, 7) is 4.33. The summed E-state index contributed by atoms with van der Waals surface area (Å²) in [6.07, 6.45) is 0. The summed E-state index contributed by atoms with van der Waals surface area (Å²) in [5.74, 6) is 0. The number of anilines is 1. The second kappa shape index (κ2) is 8.96. The summed E-state index contributed by atoms with van der Waals surface area (Å²) in [4.78, 5) is 4.50. The van der Waals surface area contributed by atoms with Crippen molar-refractivity contribution in [3.8, 4) is 0 Å². The molecule has 0 unspecified atom stereocenters. The van der Waals surface area contributed by atoms with Gasteiger partial charge in [-0.3, -0.25) is 4.90 Å². The second-order valence-corrected chi connectivity index (χ2v) is 8.03. The van der Waals surface area contributed by atoms with Gasteiger partial charge in [0.2, 0.25) is 0 Å². The Bertz CT molecular complexity index is 807. The Hall–Kier alpha value is -0.750. The zero-order valence-corrected chi connectivity index (χ0v) is 17.7. The molecule has 2 aromatic rings. The molecule has 1 saturated heterocycles. The van der Waals surface area contributed by atoms with E-state index in [1.165, 1.54) is 0 Å². The molecule has 0 amide bonds. The zero-order valence-electron chi connectivity index (χ0n) is 13.8. The first kappa shape index (κ1) is 20.0. The molecule has 1 fully saturated rings. The van der Waals surface area contributed by atoms with Gasteiger partial charge in [0.05, 0.1) is 25.8 Å². The molecule has 26 heavy (non-hydrogen) atoms. The summed E-state index contributed by atoms with van der Waals surface area (Å²) in [5, 5.41) is 6.00. The Kier molecular flexibility index (Phi) is 6.89. The number of hydrogen-bond donors (Lipinski definition) is 1. The number of hydrogen-bond acceptors (Lipinski definition) is 2. The highest BCUT2D eigenvalue weighted by Crippen LogP contribution is 2.30. The predicted octanol–water partition coefficient (Wildman–Crippen LogP) is 5.81. The summed E-state index contributed by atoms with van der Waals surface area (Å²) in [6, 6.07) is 11.2. The van der Waals surface area contributed by atoms with Gasteiger partial charge in [0.1, 0.15) is 0 Å². The first-order valence-corrected chi connectivity index (χ1v) is 10.0. The molecular weight excluding hydrogens is 432 g/mol. The van der Waals surface area contributed by atoms with Crippen LogP contribution in [0, 0.1) is 0 Å². The Morgan fingerprint density at radius 1 is 0.923 bits per heavy atom. The van der Waals surface area contributed by atoms with Crippen molar-refractivity contribution in [2.75, 3.05) is 31.5 Å². The van der Waals surface area contributed by atoms with Crippen molar-refractivity contribution < 1.29 is 0 Å². The highest BCUT2D eigenvalue weighted by atomic mass is 35.5. The number of halogens is 4. The summed E-state index contributed by atoms with van der Waals surface area (Å²) < 4.78 is 0. The molecule has 2 aromatic carbocycles. The normalized spacial score (nSPS) is 15.2. The number of benzene rings is 2. The van der Waals surface area contributed by atoms with Crippen molar-refractivity contribution >= 4 is 69.4 Å². The molecule has 0 saturated carbocycles. The van der Waals surface area contributed by atoms with Crippen LogP contribution < -0.4 is 5.32 Å². The number of nitrogens with one attached hydrogen (secondary N) is 1. The molecule has 1 heterocycles. The van der Waals surface area contributed by atoms with Crippen LogP contribution in [0.3, 0.4) is 0 Å². The molecule has 3 rings (SSSR count). The molecule has 0 aliphatic carbocycles. The van der Waals surface area contributed by atoms with Gasteiger partial charge in [0.25, 0.3) is 0 Å². The minimum Gasteiger partial charge on any atom is -0.346 e. The Balaban J connectivity index is 1.53. The van der Waals surface area contributed by atoms with E-state index in [1.807, 2.05) is 30.3 Å². The van der Waals surface area contributed by atoms with E-state index in [9.17, 15) is 0 Å². The first-order valence-electron chi connectivity index (χ1n) is 8.10. The van der Waals surface area contributed by atoms with Crippen LogP contribution in [0.25, 0.3) is 0 Å². The predicted molar refractivity (Wildman–Crippen MR) is 116 cm³/mol. The zero-order chi connectivity index (χ0) is 18.7. The molecular formula is C18H17Cl4N3S. The van der Waals surface area contributed by atoms with Gasteiger partial charge >= 0.3 is 0 Å². The van der Waals surface area contributed by atoms with Crippen LogP contribution in [0.15, 0.2) is 36.4 Å². The first-order chi connectivity index (χ1) is 12.4. The maximum absolute atomic E-state index is 6.21. The van der Waals surface area contributed by atoms with Gasteiger partial charge in [-0.05, 0) is 42.0 Å². The van der Waals surface area contributed by atoms with Crippen LogP contribution in [-0.2, 0) is 6.54 Å². The minimum absolute atomic E-state index is 0.481. The third-order valence-corrected chi connectivity index (χ3v) is 6.16. The monoisotopic (exact) mass is 447 g/mol. The lowest BCUT2D eigenvalue weighted by Gasteiger charge is -2.36. The average molecular weight is 449 g/mol. The molecule has 1 aliphatic rings. The van der Waals surface area contributed by atoms with E-state index in [0.717, 1.165) is 44.0 Å². The molecule has 0 bridgehead atoms. The van der Waals surface area contributed by atoms with Gasteiger partial charge in [-0.15, -0.1) is 0 Å². The van der Waals surface area contributed by atoms with E-state index in [0.29, 0.717) is 25.2 Å². The number of piperazine rings is 1. The molecule has 0 spiro atoms. The van der Waals surface area contributed by atoms with Crippen LogP contribution in [0.2, 0.25) is 20.1 Å². The van der Waals surface area contributed by atoms with Gasteiger partial charge in [0, 0.05) is 32.7 Å². The van der Waals surface area contributed by atoms with E-state index >= 15 is 0 Å². The Morgan fingerprint density at radius 3 is 2.35 bits per heavy atom. The standard InChI is InChI=1S/C18H17Cl4N3S/c19-13-5-4-12(10-15(13)21)11-24-6-8-25(9-7-24)18(26)23-16-3-1-2-14(20)17(16)22/h1-5,10H,6-9,11H2,(H,23,26). The molecule has 3 nitrogen and oxygen atoms in total. The van der Waals surface area contributed by atoms with E-state index in [1.54, 1.807) is 6.07 Å². The van der Waals surface area contributed by atoms with Crippen molar-refractivity contribution in [3.63, 3.8) is 0 Å². The van der Waals surface area contributed by atoms with Crippen molar-refractivity contribution in [1.82, 2.24) is 9.80 Å². The van der Waals surface area contributed by atoms with Crippen molar-refractivity contribution in [1.29, 1.82) is 0 Å². The highest BCUT2D eigenvalue weighted by Gasteiger charge is 2.20. The summed E-state index contributed by atoms with van der Waals surface area (Å²) in [5.41, 5.74) is 1.88. The molecule has 1 aliphatic heterocycles. The smallest absolute Gasteiger partial charge is 0.173 e. The molecule has 0 radical (unpaired) electrons. The lowest BCUT2D eigenvalue weighted by molar-refractivity contribution is 0.177. The maximum Gasteiger partial charge on any atom is 0.173 e. The van der Waals surface area contributed by atoms with Gasteiger partial charge in [-0.25, -0.2) is 0 Å². The SMILES string of the molecule is S=C(Nc1cccc(Cl)c1Cl)N1CCN(Cc2ccc(Cl)c(Cl)c2)CC1. The fourth-order valence-corrected chi connectivity index (χ4v) is 3.76. The van der Waals surface area contributed by atoms with E-state index < -0.39 is 0 Å². The van der Waals surface area contributed by atoms with E-state index in [-0.39, 0.29) is 0 Å². The van der Waals surface area contributed by atoms with E-state index in [2.05, 4.69) is 15.1 Å². The van der Waals surface area contributed by atoms with Crippen LogP contribution >= 0.6 is 58.6 Å². The summed E-state index contributed by atoms with van der Waals surface area (Å²) >= 11 is 29.8. The van der Waals surface area contributed by atoms with Crippen molar-refractivity contribution in [2.45, 2.75) is 6.54 Å². The Morgan fingerprint density at radius 2 is 1.65 bits per heavy atom. The van der Waals surface area contributed by atoms with Gasteiger partial charge < -0.3 is 10.2 Å². The van der Waals surface area contributed by atoms with Gasteiger partial charge in [-0.1, -0.05) is 58.5 Å². The lowest BCUT2D eigenvalue weighted by Crippen LogP contribution is -2.49. The van der Waals surface area contributed by atoms with Gasteiger partial charge in [-0.2, -0.15) is 0 Å². The van der Waals surface area contributed by atoms with E-state index in [4.69, 9.17) is 58.6 Å². The van der Waals surface area contributed by atoms with Crippen molar-refractivity contribution in [2.24, 2.45) is 0 Å². The summed E-state index contributed by atoms with van der Waals surface area (Å²) in [7, 11) is 0. The third-order valence-electron chi connectivity index (χ3n) is 4.24. The molecule has 0 aromatic heterocycles.